The van der Waals surface area contributed by atoms with Crippen LogP contribution in [0, 0.1) is 12.7 Å². The molecule has 0 unspecified atom stereocenters. The Kier molecular flexibility index (Phi) is 5.13. The van der Waals surface area contributed by atoms with Crippen molar-refractivity contribution in [2.45, 2.75) is 38.0 Å². The zero-order chi connectivity index (χ0) is 17.3. The van der Waals surface area contributed by atoms with Gasteiger partial charge in [0.2, 0.25) is 5.91 Å². The molecule has 2 aliphatic rings. The van der Waals surface area contributed by atoms with E-state index in [0.29, 0.717) is 36.2 Å². The van der Waals surface area contributed by atoms with Crippen molar-refractivity contribution in [3.05, 3.63) is 35.1 Å². The van der Waals surface area contributed by atoms with E-state index in [-0.39, 0.29) is 23.4 Å². The van der Waals surface area contributed by atoms with Crippen LogP contribution in [-0.4, -0.2) is 58.3 Å². The summed E-state index contributed by atoms with van der Waals surface area (Å²) in [6.07, 6.45) is 2.44. The Morgan fingerprint density at radius 1 is 1.29 bits per heavy atom. The van der Waals surface area contributed by atoms with Crippen LogP contribution in [0.4, 0.5) is 4.39 Å². The highest BCUT2D eigenvalue weighted by Gasteiger charge is 2.32. The first kappa shape index (κ1) is 17.3. The number of hydrogen-bond donors (Lipinski definition) is 0. The molecule has 0 N–H and O–H groups in total. The third-order valence-electron chi connectivity index (χ3n) is 4.64. The minimum absolute atomic E-state index is 0.0397. The molecule has 4 nitrogen and oxygen atoms in total. The second-order valence-corrected chi connectivity index (χ2v) is 7.92. The normalized spacial score (nSPS) is 21.0. The molecule has 1 aliphatic heterocycles. The molecule has 0 bridgehead atoms. The summed E-state index contributed by atoms with van der Waals surface area (Å²) in [6.45, 7) is 5.12. The second kappa shape index (κ2) is 7.13. The maximum atomic E-state index is 14.0. The Morgan fingerprint density at radius 2 is 2.04 bits per heavy atom. The average molecular weight is 350 g/mol. The molecule has 1 heterocycles. The largest absolute Gasteiger partial charge is 0.336 e. The molecule has 1 saturated heterocycles. The van der Waals surface area contributed by atoms with E-state index in [0.717, 1.165) is 0 Å². The highest BCUT2D eigenvalue weighted by molar-refractivity contribution is 8.00. The molecule has 6 heteroatoms. The van der Waals surface area contributed by atoms with Crippen LogP contribution in [0.15, 0.2) is 18.2 Å². The van der Waals surface area contributed by atoms with Crippen LogP contribution < -0.4 is 0 Å². The fourth-order valence-corrected chi connectivity index (χ4v) is 4.09. The maximum Gasteiger partial charge on any atom is 0.257 e. The van der Waals surface area contributed by atoms with E-state index in [2.05, 4.69) is 0 Å². The molecule has 1 saturated carbocycles. The minimum atomic E-state index is -0.480. The van der Waals surface area contributed by atoms with E-state index in [1.165, 1.54) is 18.9 Å². The van der Waals surface area contributed by atoms with Gasteiger partial charge in [-0.25, -0.2) is 4.39 Å². The van der Waals surface area contributed by atoms with Crippen LogP contribution >= 0.6 is 11.8 Å². The van der Waals surface area contributed by atoms with Gasteiger partial charge in [-0.1, -0.05) is 12.1 Å². The van der Waals surface area contributed by atoms with Crippen LogP contribution in [0.3, 0.4) is 0 Å². The number of hydrogen-bond acceptors (Lipinski definition) is 3. The lowest BCUT2D eigenvalue weighted by Crippen LogP contribution is -2.56. The van der Waals surface area contributed by atoms with Crippen molar-refractivity contribution in [3.63, 3.8) is 0 Å². The van der Waals surface area contributed by atoms with E-state index in [9.17, 15) is 14.0 Å². The summed E-state index contributed by atoms with van der Waals surface area (Å²) in [5.41, 5.74) is 0.792. The fraction of sp³-hybridized carbons (Fsp3) is 0.556. The molecule has 1 aromatic carbocycles. The van der Waals surface area contributed by atoms with Crippen molar-refractivity contribution in [2.24, 2.45) is 0 Å². The first-order valence-electron chi connectivity index (χ1n) is 8.43. The lowest BCUT2D eigenvalue weighted by molar-refractivity contribution is -0.132. The van der Waals surface area contributed by atoms with Gasteiger partial charge in [0, 0.05) is 30.9 Å². The Bertz CT molecular complexity index is 628. The van der Waals surface area contributed by atoms with Gasteiger partial charge in [0.15, 0.2) is 0 Å². The molecule has 0 spiro atoms. The maximum absolute atomic E-state index is 14.0. The molecule has 1 aliphatic carbocycles. The summed E-state index contributed by atoms with van der Waals surface area (Å²) in [5.74, 6) is -0.0903. The van der Waals surface area contributed by atoms with Crippen molar-refractivity contribution in [2.75, 3.05) is 25.4 Å². The van der Waals surface area contributed by atoms with Crippen LogP contribution in [0.25, 0.3) is 0 Å². The minimum Gasteiger partial charge on any atom is -0.336 e. The summed E-state index contributed by atoms with van der Waals surface area (Å²) in [5, 5.41) is 0.663. The molecular formula is C18H23FN2O2S. The number of carbonyl (C=O) groups is 2. The van der Waals surface area contributed by atoms with Gasteiger partial charge in [0.05, 0.1) is 11.3 Å². The highest BCUT2D eigenvalue weighted by Crippen LogP contribution is 2.34. The first-order valence-corrected chi connectivity index (χ1v) is 9.47. The quantitative estimate of drug-likeness (QED) is 0.838. The molecule has 3 rings (SSSR count). The zero-order valence-corrected chi connectivity index (χ0v) is 14.9. The third kappa shape index (κ3) is 3.74. The number of rotatable bonds is 4. The topological polar surface area (TPSA) is 40.6 Å². The van der Waals surface area contributed by atoms with Crippen molar-refractivity contribution in [1.29, 1.82) is 0 Å². The van der Waals surface area contributed by atoms with Gasteiger partial charge >= 0.3 is 0 Å². The highest BCUT2D eigenvalue weighted by atomic mass is 32.2. The van der Waals surface area contributed by atoms with E-state index < -0.39 is 5.82 Å². The van der Waals surface area contributed by atoms with Crippen LogP contribution in [0.2, 0.25) is 0 Å². The Balaban J connectivity index is 1.62. The molecule has 2 amide bonds. The van der Waals surface area contributed by atoms with Crippen molar-refractivity contribution >= 4 is 23.6 Å². The predicted octanol–water partition coefficient (Wildman–Crippen LogP) is 2.70. The summed E-state index contributed by atoms with van der Waals surface area (Å²) in [6, 6.07) is 4.63. The molecular weight excluding hydrogens is 327 g/mol. The van der Waals surface area contributed by atoms with Gasteiger partial charge in [-0.2, -0.15) is 0 Å². The van der Waals surface area contributed by atoms with E-state index in [4.69, 9.17) is 0 Å². The first-order chi connectivity index (χ1) is 11.5. The van der Waals surface area contributed by atoms with Crippen molar-refractivity contribution in [1.82, 2.24) is 9.80 Å². The van der Waals surface area contributed by atoms with Gasteiger partial charge in [0.1, 0.15) is 5.82 Å². The van der Waals surface area contributed by atoms with Gasteiger partial charge in [-0.15, -0.1) is 11.8 Å². The summed E-state index contributed by atoms with van der Waals surface area (Å²) in [7, 11) is 0. The number of aryl methyl sites for hydroxylation is 1. The lowest BCUT2D eigenvalue weighted by Gasteiger charge is -2.40. The molecule has 130 valence electrons. The zero-order valence-electron chi connectivity index (χ0n) is 14.1. The van der Waals surface area contributed by atoms with Gasteiger partial charge in [0.25, 0.3) is 5.91 Å². The van der Waals surface area contributed by atoms with Crippen LogP contribution in [0.1, 0.15) is 35.7 Å². The van der Waals surface area contributed by atoms with Gasteiger partial charge in [-0.3, -0.25) is 9.59 Å². The monoisotopic (exact) mass is 350 g/mol. The van der Waals surface area contributed by atoms with E-state index in [1.807, 2.05) is 11.8 Å². The van der Waals surface area contributed by atoms with Crippen LogP contribution in [-0.2, 0) is 4.79 Å². The Labute approximate surface area is 146 Å². The number of piperazine rings is 1. The van der Waals surface area contributed by atoms with E-state index >= 15 is 0 Å². The summed E-state index contributed by atoms with van der Waals surface area (Å²) < 4.78 is 14.0. The van der Waals surface area contributed by atoms with Gasteiger partial charge in [-0.05, 0) is 38.3 Å². The second-order valence-electron chi connectivity index (χ2n) is 6.63. The van der Waals surface area contributed by atoms with Crippen molar-refractivity contribution < 1.29 is 14.0 Å². The van der Waals surface area contributed by atoms with Crippen LogP contribution in [0.5, 0.6) is 0 Å². The number of nitrogens with zero attached hydrogens (tertiary/aromatic N) is 2. The smallest absolute Gasteiger partial charge is 0.257 e. The number of thioether (sulfide) groups is 1. The lowest BCUT2D eigenvalue weighted by atomic mass is 10.1. The summed E-state index contributed by atoms with van der Waals surface area (Å²) in [4.78, 5) is 28.5. The summed E-state index contributed by atoms with van der Waals surface area (Å²) >= 11 is 1.73. The standard InChI is InChI=1S/C18H23FN2O2S/c1-12-4-3-5-15(19)17(12)18(23)20-8-9-21(13(2)10-20)16(22)11-24-14-6-7-14/h3-5,13-14H,6-11H2,1-2H3/t13-/m0/s1. The fourth-order valence-electron chi connectivity index (χ4n) is 3.08. The van der Waals surface area contributed by atoms with Gasteiger partial charge < -0.3 is 9.80 Å². The SMILES string of the molecule is Cc1cccc(F)c1C(=O)N1CCN(C(=O)CSC2CC2)[C@@H](C)C1. The number of amides is 2. The molecule has 2 fully saturated rings. The molecule has 24 heavy (non-hydrogen) atoms. The molecule has 1 atom stereocenters. The predicted molar refractivity (Wildman–Crippen MR) is 93.7 cm³/mol. The average Bonchev–Trinajstić information content (AvgIpc) is 3.36. The molecule has 1 aromatic rings. The number of carbonyl (C=O) groups excluding carboxylic acids is 2. The number of halogens is 1. The Hall–Kier alpha value is -1.56. The molecule has 0 radical (unpaired) electrons. The number of benzene rings is 1. The van der Waals surface area contributed by atoms with E-state index in [1.54, 1.807) is 35.7 Å². The van der Waals surface area contributed by atoms with Crippen molar-refractivity contribution in [3.8, 4) is 0 Å². The Morgan fingerprint density at radius 3 is 2.67 bits per heavy atom. The third-order valence-corrected chi connectivity index (χ3v) is 5.99. The molecule has 0 aromatic heterocycles.